The lowest BCUT2D eigenvalue weighted by atomic mass is 10.2. The topological polar surface area (TPSA) is 80.1 Å². The zero-order chi connectivity index (χ0) is 17.2. The summed E-state index contributed by atoms with van der Waals surface area (Å²) in [6, 6.07) is 3.85. The molecule has 4 rings (SSSR count). The number of carbonyl (C=O) groups is 2. The fourth-order valence-electron chi connectivity index (χ4n) is 3.08. The van der Waals surface area contributed by atoms with E-state index in [0.717, 1.165) is 12.1 Å². The second-order valence-electron chi connectivity index (χ2n) is 6.70. The van der Waals surface area contributed by atoms with Crippen LogP contribution in [0.15, 0.2) is 30.7 Å². The Kier molecular flexibility index (Phi) is 4.21. The van der Waals surface area contributed by atoms with Crippen LogP contribution in [-0.4, -0.2) is 50.9 Å². The van der Waals surface area contributed by atoms with E-state index in [9.17, 15) is 9.59 Å². The average Bonchev–Trinajstić information content (AvgIpc) is 3.33. The minimum Gasteiger partial charge on any atom is -0.350 e. The average molecular weight is 339 g/mol. The highest BCUT2D eigenvalue weighted by Crippen LogP contribution is 2.30. The number of nitrogens with zero attached hydrogens (tertiary/aromatic N) is 4. The molecular weight excluding hydrogens is 318 g/mol. The Morgan fingerprint density at radius 1 is 1.32 bits per heavy atom. The van der Waals surface area contributed by atoms with Gasteiger partial charge in [0.05, 0.1) is 0 Å². The molecule has 1 aliphatic heterocycles. The van der Waals surface area contributed by atoms with Crippen molar-refractivity contribution in [3.8, 4) is 0 Å². The molecule has 2 aromatic heterocycles. The second kappa shape index (κ2) is 6.66. The zero-order valence-corrected chi connectivity index (χ0v) is 14.0. The SMILES string of the molecule is O=C(NCCc1cccnc1)c1cn2c(n1)C(=O)N(CC1CC1)CC2. The normalized spacial score (nSPS) is 16.6. The van der Waals surface area contributed by atoms with Crippen molar-refractivity contribution in [2.45, 2.75) is 25.8 Å². The molecule has 1 aliphatic carbocycles. The standard InChI is InChI=1S/C18H21N5O2/c24-17(20-7-5-13-2-1-6-19-10-13)15-12-22-8-9-23(11-14-3-4-14)18(25)16(22)21-15/h1-2,6,10,12,14H,3-5,7-9,11H2,(H,20,24). The molecule has 7 heteroatoms. The summed E-state index contributed by atoms with van der Waals surface area (Å²) in [5.74, 6) is 0.727. The van der Waals surface area contributed by atoms with Gasteiger partial charge in [0, 0.05) is 44.8 Å². The van der Waals surface area contributed by atoms with Gasteiger partial charge in [-0.05, 0) is 36.8 Å². The third kappa shape index (κ3) is 3.55. The van der Waals surface area contributed by atoms with Gasteiger partial charge in [0.1, 0.15) is 5.69 Å². The number of nitrogens with one attached hydrogen (secondary N) is 1. The highest BCUT2D eigenvalue weighted by molar-refractivity contribution is 5.96. The molecule has 0 bridgehead atoms. The second-order valence-corrected chi connectivity index (χ2v) is 6.70. The molecule has 130 valence electrons. The van der Waals surface area contributed by atoms with E-state index in [2.05, 4.69) is 15.3 Å². The van der Waals surface area contributed by atoms with E-state index in [4.69, 9.17) is 0 Å². The van der Waals surface area contributed by atoms with E-state index in [0.29, 0.717) is 43.5 Å². The van der Waals surface area contributed by atoms with Crippen LogP contribution in [0.4, 0.5) is 0 Å². The van der Waals surface area contributed by atoms with Crippen LogP contribution < -0.4 is 5.32 Å². The maximum atomic E-state index is 12.5. The van der Waals surface area contributed by atoms with Gasteiger partial charge in [-0.2, -0.15) is 0 Å². The van der Waals surface area contributed by atoms with Crippen molar-refractivity contribution >= 4 is 11.8 Å². The summed E-state index contributed by atoms with van der Waals surface area (Å²) in [6.45, 7) is 2.72. The van der Waals surface area contributed by atoms with Gasteiger partial charge in [0.2, 0.25) is 0 Å². The molecule has 1 saturated carbocycles. The van der Waals surface area contributed by atoms with Crippen molar-refractivity contribution in [2.75, 3.05) is 19.6 Å². The Morgan fingerprint density at radius 3 is 2.96 bits per heavy atom. The van der Waals surface area contributed by atoms with E-state index in [1.54, 1.807) is 23.2 Å². The summed E-state index contributed by atoms with van der Waals surface area (Å²) in [4.78, 5) is 35.0. The first kappa shape index (κ1) is 15.8. The summed E-state index contributed by atoms with van der Waals surface area (Å²) >= 11 is 0. The van der Waals surface area contributed by atoms with Gasteiger partial charge in [0.25, 0.3) is 11.8 Å². The first-order valence-corrected chi connectivity index (χ1v) is 8.74. The van der Waals surface area contributed by atoms with E-state index in [1.165, 1.54) is 12.8 Å². The molecule has 1 N–H and O–H groups in total. The maximum Gasteiger partial charge on any atom is 0.289 e. The van der Waals surface area contributed by atoms with Crippen LogP contribution in [0.1, 0.15) is 39.5 Å². The van der Waals surface area contributed by atoms with Crippen molar-refractivity contribution in [3.63, 3.8) is 0 Å². The van der Waals surface area contributed by atoms with Crippen molar-refractivity contribution in [1.82, 2.24) is 24.8 Å². The van der Waals surface area contributed by atoms with E-state index in [-0.39, 0.29) is 11.8 Å². The van der Waals surface area contributed by atoms with Gasteiger partial charge in [0.15, 0.2) is 5.82 Å². The number of aromatic nitrogens is 3. The summed E-state index contributed by atoms with van der Waals surface area (Å²) in [5, 5.41) is 2.86. The van der Waals surface area contributed by atoms with E-state index >= 15 is 0 Å². The van der Waals surface area contributed by atoms with Crippen molar-refractivity contribution < 1.29 is 9.59 Å². The van der Waals surface area contributed by atoms with Gasteiger partial charge in [-0.15, -0.1) is 0 Å². The molecule has 7 nitrogen and oxygen atoms in total. The van der Waals surface area contributed by atoms with E-state index in [1.807, 2.05) is 17.0 Å². The summed E-state index contributed by atoms with van der Waals surface area (Å²) < 4.78 is 1.79. The number of imidazole rings is 1. The number of hydrogen-bond acceptors (Lipinski definition) is 4. The fourth-order valence-corrected chi connectivity index (χ4v) is 3.08. The number of pyridine rings is 1. The fraction of sp³-hybridized carbons (Fsp3) is 0.444. The molecular formula is C18H21N5O2. The number of amides is 2. The minimum atomic E-state index is -0.243. The molecule has 2 amide bonds. The number of fused-ring (bicyclic) bond motifs is 1. The van der Waals surface area contributed by atoms with Crippen LogP contribution >= 0.6 is 0 Å². The van der Waals surface area contributed by atoms with Gasteiger partial charge in [-0.1, -0.05) is 6.07 Å². The summed E-state index contributed by atoms with van der Waals surface area (Å²) in [7, 11) is 0. The monoisotopic (exact) mass is 339 g/mol. The maximum absolute atomic E-state index is 12.5. The minimum absolute atomic E-state index is 0.0624. The molecule has 1 fully saturated rings. The van der Waals surface area contributed by atoms with Gasteiger partial charge in [-0.25, -0.2) is 4.98 Å². The van der Waals surface area contributed by atoms with E-state index < -0.39 is 0 Å². The molecule has 0 aromatic carbocycles. The molecule has 25 heavy (non-hydrogen) atoms. The van der Waals surface area contributed by atoms with Gasteiger partial charge in [-0.3, -0.25) is 14.6 Å². The molecule has 0 radical (unpaired) electrons. The summed E-state index contributed by atoms with van der Waals surface area (Å²) in [6.07, 6.45) is 8.32. The van der Waals surface area contributed by atoms with Crippen molar-refractivity contribution in [3.05, 3.63) is 47.8 Å². The molecule has 2 aliphatic rings. The quantitative estimate of drug-likeness (QED) is 0.855. The Morgan fingerprint density at radius 2 is 2.20 bits per heavy atom. The predicted octanol–water partition coefficient (Wildman–Crippen LogP) is 1.12. The third-order valence-electron chi connectivity index (χ3n) is 4.70. The number of carbonyl (C=O) groups excluding carboxylic acids is 2. The Labute approximate surface area is 146 Å². The highest BCUT2D eigenvalue weighted by atomic mass is 16.2. The van der Waals surface area contributed by atoms with Crippen LogP contribution in [0, 0.1) is 5.92 Å². The molecule has 2 aromatic rings. The van der Waals surface area contributed by atoms with Crippen LogP contribution in [0.3, 0.4) is 0 Å². The summed E-state index contributed by atoms with van der Waals surface area (Å²) in [5.41, 5.74) is 1.38. The molecule has 0 atom stereocenters. The molecule has 3 heterocycles. The lowest BCUT2D eigenvalue weighted by molar-refractivity contribution is 0.0688. The lowest BCUT2D eigenvalue weighted by Crippen LogP contribution is -2.41. The Hall–Kier alpha value is -2.70. The smallest absolute Gasteiger partial charge is 0.289 e. The third-order valence-corrected chi connectivity index (χ3v) is 4.70. The van der Waals surface area contributed by atoms with Crippen molar-refractivity contribution in [1.29, 1.82) is 0 Å². The number of hydrogen-bond donors (Lipinski definition) is 1. The lowest BCUT2D eigenvalue weighted by Gasteiger charge is -2.27. The van der Waals surface area contributed by atoms with Crippen LogP contribution in [0.2, 0.25) is 0 Å². The molecule has 0 unspecified atom stereocenters. The van der Waals surface area contributed by atoms with Crippen LogP contribution in [0.25, 0.3) is 0 Å². The first-order chi connectivity index (χ1) is 12.2. The Balaban J connectivity index is 1.37. The first-order valence-electron chi connectivity index (χ1n) is 8.74. The largest absolute Gasteiger partial charge is 0.350 e. The van der Waals surface area contributed by atoms with Crippen LogP contribution in [0.5, 0.6) is 0 Å². The van der Waals surface area contributed by atoms with Crippen LogP contribution in [-0.2, 0) is 13.0 Å². The van der Waals surface area contributed by atoms with Crippen molar-refractivity contribution in [2.24, 2.45) is 5.92 Å². The molecule has 0 spiro atoms. The Bertz CT molecular complexity index is 782. The number of rotatable bonds is 6. The molecule has 0 saturated heterocycles. The van der Waals surface area contributed by atoms with Gasteiger partial charge >= 0.3 is 0 Å². The highest BCUT2D eigenvalue weighted by Gasteiger charge is 2.32. The predicted molar refractivity (Wildman–Crippen MR) is 91.1 cm³/mol. The zero-order valence-electron chi connectivity index (χ0n) is 14.0. The van der Waals surface area contributed by atoms with Gasteiger partial charge < -0.3 is 14.8 Å².